The van der Waals surface area contributed by atoms with Crippen LogP contribution in [0.25, 0.3) is 6.08 Å². The Kier molecular flexibility index (Phi) is 8.38. The molecule has 1 unspecified atom stereocenters. The SMILES string of the molecule is CC(=O)/C(=N\Nc1ccccc1)C(/C=C/c1ccccc1)N1CCN(Cc2ccccc2)CC1. The molecule has 1 aliphatic heterocycles. The van der Waals surface area contributed by atoms with Crippen LogP contribution in [0.15, 0.2) is 102 Å². The smallest absolute Gasteiger partial charge is 0.177 e. The van der Waals surface area contributed by atoms with Crippen LogP contribution in [0, 0.1) is 0 Å². The van der Waals surface area contributed by atoms with Crippen molar-refractivity contribution in [3.05, 3.63) is 108 Å². The number of hydrogen-bond acceptors (Lipinski definition) is 5. The fourth-order valence-corrected chi connectivity index (χ4v) is 4.18. The maximum Gasteiger partial charge on any atom is 0.177 e. The number of rotatable bonds is 9. The number of anilines is 1. The lowest BCUT2D eigenvalue weighted by atomic mass is 10.0. The molecule has 34 heavy (non-hydrogen) atoms. The van der Waals surface area contributed by atoms with E-state index in [-0.39, 0.29) is 11.8 Å². The van der Waals surface area contributed by atoms with E-state index in [4.69, 9.17) is 0 Å². The Hall–Kier alpha value is -3.54. The molecule has 4 rings (SSSR count). The third-order valence-corrected chi connectivity index (χ3v) is 6.04. The highest BCUT2D eigenvalue weighted by atomic mass is 16.1. The zero-order valence-electron chi connectivity index (χ0n) is 19.7. The van der Waals surface area contributed by atoms with Crippen molar-refractivity contribution in [1.82, 2.24) is 9.80 Å². The van der Waals surface area contributed by atoms with E-state index in [1.165, 1.54) is 5.56 Å². The number of carbonyl (C=O) groups is 1. The first-order valence-corrected chi connectivity index (χ1v) is 11.8. The molecule has 3 aromatic carbocycles. The number of hydrogen-bond donors (Lipinski definition) is 1. The van der Waals surface area contributed by atoms with Gasteiger partial charge in [0.05, 0.1) is 11.7 Å². The summed E-state index contributed by atoms with van der Waals surface area (Å²) in [5.41, 5.74) is 6.90. The molecule has 1 atom stereocenters. The molecule has 1 fully saturated rings. The van der Waals surface area contributed by atoms with Crippen LogP contribution in [0.3, 0.4) is 0 Å². The second-order valence-corrected chi connectivity index (χ2v) is 8.54. The molecule has 1 heterocycles. The first kappa shape index (κ1) is 23.6. The van der Waals surface area contributed by atoms with Crippen LogP contribution in [0.2, 0.25) is 0 Å². The predicted octanol–water partition coefficient (Wildman–Crippen LogP) is 4.94. The van der Waals surface area contributed by atoms with Gasteiger partial charge in [0.25, 0.3) is 0 Å². The zero-order valence-corrected chi connectivity index (χ0v) is 19.7. The van der Waals surface area contributed by atoms with Crippen molar-refractivity contribution in [2.45, 2.75) is 19.5 Å². The monoisotopic (exact) mass is 452 g/mol. The summed E-state index contributed by atoms with van der Waals surface area (Å²) in [5.74, 6) is -0.0298. The second-order valence-electron chi connectivity index (χ2n) is 8.54. The van der Waals surface area contributed by atoms with Gasteiger partial charge < -0.3 is 0 Å². The van der Waals surface area contributed by atoms with Gasteiger partial charge >= 0.3 is 0 Å². The Morgan fingerprint density at radius 3 is 2.09 bits per heavy atom. The summed E-state index contributed by atoms with van der Waals surface area (Å²) >= 11 is 0. The Bertz CT molecular complexity index is 1090. The number of nitrogens with one attached hydrogen (secondary N) is 1. The number of nitrogens with zero attached hydrogens (tertiary/aromatic N) is 3. The molecule has 5 nitrogen and oxygen atoms in total. The van der Waals surface area contributed by atoms with Crippen molar-refractivity contribution >= 4 is 23.3 Å². The molecule has 5 heteroatoms. The first-order chi connectivity index (χ1) is 16.7. The number of carbonyl (C=O) groups excluding carboxylic acids is 1. The molecule has 0 amide bonds. The van der Waals surface area contributed by atoms with Crippen LogP contribution in [0.5, 0.6) is 0 Å². The minimum atomic E-state index is -0.201. The van der Waals surface area contributed by atoms with Crippen LogP contribution in [-0.4, -0.2) is 53.5 Å². The maximum atomic E-state index is 12.7. The van der Waals surface area contributed by atoms with Gasteiger partial charge in [0.2, 0.25) is 0 Å². The molecule has 0 saturated carbocycles. The Labute approximate surface area is 202 Å². The van der Waals surface area contributed by atoms with Gasteiger partial charge in [-0.05, 0) is 23.3 Å². The molecule has 1 N–H and O–H groups in total. The van der Waals surface area contributed by atoms with Crippen LogP contribution < -0.4 is 5.43 Å². The molecule has 0 bridgehead atoms. The Morgan fingerprint density at radius 1 is 0.882 bits per heavy atom. The minimum absolute atomic E-state index is 0.0298. The maximum absolute atomic E-state index is 12.7. The summed E-state index contributed by atoms with van der Waals surface area (Å²) in [4.78, 5) is 17.5. The Balaban J connectivity index is 1.52. The highest BCUT2D eigenvalue weighted by Gasteiger charge is 2.28. The van der Waals surface area contributed by atoms with Gasteiger partial charge in [-0.15, -0.1) is 0 Å². The molecule has 1 saturated heterocycles. The zero-order chi connectivity index (χ0) is 23.6. The number of piperazine rings is 1. The summed E-state index contributed by atoms with van der Waals surface area (Å²) in [6.07, 6.45) is 4.19. The predicted molar refractivity (Wildman–Crippen MR) is 141 cm³/mol. The van der Waals surface area contributed by atoms with Crippen LogP contribution in [0.4, 0.5) is 5.69 Å². The highest BCUT2D eigenvalue weighted by Crippen LogP contribution is 2.15. The lowest BCUT2D eigenvalue weighted by Crippen LogP contribution is -2.52. The molecule has 0 spiro atoms. The van der Waals surface area contributed by atoms with E-state index < -0.39 is 0 Å². The number of ketones is 1. The minimum Gasteiger partial charge on any atom is -0.297 e. The van der Waals surface area contributed by atoms with Gasteiger partial charge in [-0.1, -0.05) is 91.0 Å². The van der Waals surface area contributed by atoms with E-state index in [1.807, 2.05) is 48.5 Å². The number of hydrazone groups is 1. The van der Waals surface area contributed by atoms with Gasteiger partial charge in [-0.3, -0.25) is 20.0 Å². The molecular weight excluding hydrogens is 420 g/mol. The fraction of sp³-hybridized carbons (Fsp3) is 0.241. The van der Waals surface area contributed by atoms with E-state index in [0.717, 1.165) is 44.0 Å². The van der Waals surface area contributed by atoms with E-state index in [2.05, 4.69) is 74.9 Å². The second kappa shape index (κ2) is 12.1. The van der Waals surface area contributed by atoms with Gasteiger partial charge in [0, 0.05) is 39.6 Å². The third-order valence-electron chi connectivity index (χ3n) is 6.04. The summed E-state index contributed by atoms with van der Waals surface area (Å²) < 4.78 is 0. The number of para-hydroxylation sites is 1. The molecular formula is C29H32N4O. The molecule has 0 radical (unpaired) electrons. The van der Waals surface area contributed by atoms with Crippen LogP contribution in [0.1, 0.15) is 18.1 Å². The number of benzene rings is 3. The van der Waals surface area contributed by atoms with Crippen LogP contribution >= 0.6 is 0 Å². The average molecular weight is 453 g/mol. The lowest BCUT2D eigenvalue weighted by Gasteiger charge is -2.38. The summed E-state index contributed by atoms with van der Waals surface area (Å²) in [5, 5.41) is 4.58. The van der Waals surface area contributed by atoms with Gasteiger partial charge in [0.1, 0.15) is 5.71 Å². The van der Waals surface area contributed by atoms with Crippen LogP contribution in [-0.2, 0) is 11.3 Å². The van der Waals surface area contributed by atoms with Crippen molar-refractivity contribution in [1.29, 1.82) is 0 Å². The topological polar surface area (TPSA) is 47.9 Å². The molecule has 0 aliphatic carbocycles. The average Bonchev–Trinajstić information content (AvgIpc) is 2.88. The van der Waals surface area contributed by atoms with Crippen molar-refractivity contribution in [2.24, 2.45) is 5.10 Å². The van der Waals surface area contributed by atoms with E-state index in [0.29, 0.717) is 5.71 Å². The fourth-order valence-electron chi connectivity index (χ4n) is 4.18. The highest BCUT2D eigenvalue weighted by molar-refractivity contribution is 6.41. The van der Waals surface area contributed by atoms with Gasteiger partial charge in [-0.2, -0.15) is 5.10 Å². The lowest BCUT2D eigenvalue weighted by molar-refractivity contribution is -0.111. The third kappa shape index (κ3) is 6.73. The Morgan fingerprint density at radius 2 is 1.47 bits per heavy atom. The quantitative estimate of drug-likeness (QED) is 0.369. The van der Waals surface area contributed by atoms with Crippen molar-refractivity contribution in [3.8, 4) is 0 Å². The molecule has 1 aliphatic rings. The largest absolute Gasteiger partial charge is 0.297 e. The number of Topliss-reactive ketones (excluding diaryl/α,β-unsaturated/α-hetero) is 1. The molecule has 174 valence electrons. The van der Waals surface area contributed by atoms with Crippen molar-refractivity contribution < 1.29 is 4.79 Å². The first-order valence-electron chi connectivity index (χ1n) is 11.8. The van der Waals surface area contributed by atoms with Gasteiger partial charge in [-0.25, -0.2) is 0 Å². The van der Waals surface area contributed by atoms with Crippen molar-refractivity contribution in [3.63, 3.8) is 0 Å². The standard InChI is InChI=1S/C29H32N4O/c1-24(34)29(31-30-27-15-9-4-10-16-27)28(18-17-25-11-5-2-6-12-25)33-21-19-32(20-22-33)23-26-13-7-3-8-14-26/h2-18,28,30H,19-23H2,1H3/b18-17+,31-29+. The normalized spacial score (nSPS) is 16.4. The van der Waals surface area contributed by atoms with E-state index >= 15 is 0 Å². The molecule has 3 aromatic rings. The van der Waals surface area contributed by atoms with Crippen molar-refractivity contribution in [2.75, 3.05) is 31.6 Å². The van der Waals surface area contributed by atoms with Gasteiger partial charge in [0.15, 0.2) is 5.78 Å². The summed E-state index contributed by atoms with van der Waals surface area (Å²) in [6.45, 7) is 6.18. The van der Waals surface area contributed by atoms with E-state index in [1.54, 1.807) is 6.92 Å². The molecule has 0 aromatic heterocycles. The summed E-state index contributed by atoms with van der Waals surface area (Å²) in [6, 6.07) is 30.3. The summed E-state index contributed by atoms with van der Waals surface area (Å²) in [7, 11) is 0. The van der Waals surface area contributed by atoms with E-state index in [9.17, 15) is 4.79 Å².